The maximum Gasteiger partial charge on any atom is 0.237 e. The van der Waals surface area contributed by atoms with Gasteiger partial charge in [0.25, 0.3) is 0 Å². The number of likely N-dealkylation sites (tertiary alicyclic amines) is 1. The van der Waals surface area contributed by atoms with Crippen molar-refractivity contribution in [3.63, 3.8) is 0 Å². The van der Waals surface area contributed by atoms with Gasteiger partial charge in [0, 0.05) is 19.2 Å². The van der Waals surface area contributed by atoms with Gasteiger partial charge < -0.3 is 15.0 Å². The number of ether oxygens (including phenoxy) is 1. The zero-order chi connectivity index (χ0) is 19.2. The molecule has 4 rings (SSSR count). The number of pyridine rings is 1. The maximum atomic E-state index is 12.5. The summed E-state index contributed by atoms with van der Waals surface area (Å²) in [6.07, 6.45) is 6.66. The summed E-state index contributed by atoms with van der Waals surface area (Å²) in [5.41, 5.74) is 2.09. The van der Waals surface area contributed by atoms with Crippen molar-refractivity contribution in [2.24, 2.45) is 11.8 Å². The third kappa shape index (κ3) is 4.90. The lowest BCUT2D eigenvalue weighted by molar-refractivity contribution is -0.118. The van der Waals surface area contributed by atoms with Crippen LogP contribution in [0.4, 0.5) is 5.69 Å². The smallest absolute Gasteiger partial charge is 0.237 e. The Morgan fingerprint density at radius 3 is 2.89 bits per heavy atom. The van der Waals surface area contributed by atoms with Crippen LogP contribution in [0, 0.1) is 11.8 Å². The van der Waals surface area contributed by atoms with Crippen LogP contribution in [-0.4, -0.2) is 42.0 Å². The number of rotatable bonds is 4. The van der Waals surface area contributed by atoms with E-state index >= 15 is 0 Å². The first kappa shape index (κ1) is 18.9. The summed E-state index contributed by atoms with van der Waals surface area (Å²) in [5.74, 6) is 1.55. The molecule has 2 aromatic rings. The summed E-state index contributed by atoms with van der Waals surface area (Å²) in [7, 11) is 0. The molecule has 0 bridgehead atoms. The highest BCUT2D eigenvalue weighted by Crippen LogP contribution is 2.32. The minimum absolute atomic E-state index is 0.0762. The summed E-state index contributed by atoms with van der Waals surface area (Å²) < 4.78 is 5.89. The van der Waals surface area contributed by atoms with Gasteiger partial charge in [-0.05, 0) is 68.3 Å². The molecule has 1 aromatic carbocycles. The zero-order valence-electron chi connectivity index (χ0n) is 16.3. The van der Waals surface area contributed by atoms with Gasteiger partial charge in [-0.2, -0.15) is 0 Å². The number of piperidine rings is 1. The van der Waals surface area contributed by atoms with Gasteiger partial charge in [-0.25, -0.2) is 4.98 Å². The SMILES string of the molecule is O=C1C[C@@H]2CCN(CCCc3ccccc3)C[C@@H]2CCOc2ncccc2N1. The second kappa shape index (κ2) is 9.20. The molecule has 1 aromatic heterocycles. The number of nitrogens with zero attached hydrogens (tertiary/aromatic N) is 2. The fourth-order valence-corrected chi connectivity index (χ4v) is 4.45. The Balaban J connectivity index is 1.33. The minimum Gasteiger partial charge on any atom is -0.476 e. The van der Waals surface area contributed by atoms with Crippen LogP contribution in [0.5, 0.6) is 5.88 Å². The molecule has 148 valence electrons. The molecule has 5 nitrogen and oxygen atoms in total. The first-order chi connectivity index (χ1) is 13.8. The van der Waals surface area contributed by atoms with E-state index in [0.29, 0.717) is 36.4 Å². The maximum absolute atomic E-state index is 12.5. The molecule has 0 spiro atoms. The number of benzene rings is 1. The van der Waals surface area contributed by atoms with Crippen molar-refractivity contribution >= 4 is 11.6 Å². The summed E-state index contributed by atoms with van der Waals surface area (Å²) in [5, 5.41) is 2.99. The van der Waals surface area contributed by atoms with E-state index in [2.05, 4.69) is 45.5 Å². The predicted molar refractivity (Wildman–Crippen MR) is 110 cm³/mol. The number of fused-ring (bicyclic) bond motifs is 2. The number of aryl methyl sites for hydroxylation is 1. The van der Waals surface area contributed by atoms with Crippen LogP contribution in [0.1, 0.15) is 31.2 Å². The quantitative estimate of drug-likeness (QED) is 0.879. The minimum atomic E-state index is 0.0762. The third-order valence-corrected chi connectivity index (χ3v) is 5.98. The molecule has 5 heteroatoms. The molecule has 1 amide bonds. The van der Waals surface area contributed by atoms with E-state index in [-0.39, 0.29) is 5.91 Å². The number of hydrogen-bond donors (Lipinski definition) is 1. The average Bonchev–Trinajstić information content (AvgIpc) is 2.71. The number of nitrogens with one attached hydrogen (secondary N) is 1. The molecule has 1 N–H and O–H groups in total. The summed E-state index contributed by atoms with van der Waals surface area (Å²) in [6, 6.07) is 14.4. The summed E-state index contributed by atoms with van der Waals surface area (Å²) in [6.45, 7) is 3.92. The Kier molecular flexibility index (Phi) is 6.22. The highest BCUT2D eigenvalue weighted by atomic mass is 16.5. The number of aromatic nitrogens is 1. The highest BCUT2D eigenvalue weighted by Gasteiger charge is 2.31. The molecule has 2 atom stereocenters. The Bertz CT molecular complexity index is 780. The van der Waals surface area contributed by atoms with Crippen LogP contribution < -0.4 is 10.1 Å². The van der Waals surface area contributed by atoms with Crippen molar-refractivity contribution in [3.05, 3.63) is 54.2 Å². The average molecular weight is 380 g/mol. The van der Waals surface area contributed by atoms with Gasteiger partial charge in [0.1, 0.15) is 5.69 Å². The summed E-state index contributed by atoms with van der Waals surface area (Å²) >= 11 is 0. The fraction of sp³-hybridized carbons (Fsp3) is 0.478. The molecular weight excluding hydrogens is 350 g/mol. The van der Waals surface area contributed by atoms with Crippen LogP contribution >= 0.6 is 0 Å². The molecule has 28 heavy (non-hydrogen) atoms. The number of carbonyl (C=O) groups is 1. The van der Waals surface area contributed by atoms with Crippen LogP contribution in [0.15, 0.2) is 48.7 Å². The van der Waals surface area contributed by atoms with Crippen molar-refractivity contribution in [2.45, 2.75) is 32.1 Å². The highest BCUT2D eigenvalue weighted by molar-refractivity contribution is 5.92. The molecule has 2 aliphatic heterocycles. The molecule has 1 fully saturated rings. The molecule has 3 heterocycles. The fourth-order valence-electron chi connectivity index (χ4n) is 4.45. The van der Waals surface area contributed by atoms with Gasteiger partial charge in [-0.1, -0.05) is 30.3 Å². The Morgan fingerprint density at radius 2 is 2.00 bits per heavy atom. The Labute approximate surface area is 167 Å². The number of carbonyl (C=O) groups excluding carboxylic acids is 1. The molecule has 0 saturated carbocycles. The summed E-state index contributed by atoms with van der Waals surface area (Å²) in [4.78, 5) is 19.4. The van der Waals surface area contributed by atoms with Gasteiger partial charge in [0.2, 0.25) is 11.8 Å². The number of hydrogen-bond acceptors (Lipinski definition) is 4. The number of amides is 1. The largest absolute Gasteiger partial charge is 0.476 e. The van der Waals surface area contributed by atoms with Gasteiger partial charge in [0.05, 0.1) is 6.61 Å². The van der Waals surface area contributed by atoms with Gasteiger partial charge in [-0.15, -0.1) is 0 Å². The molecule has 0 radical (unpaired) electrons. The van der Waals surface area contributed by atoms with Gasteiger partial charge >= 0.3 is 0 Å². The number of anilines is 1. The van der Waals surface area contributed by atoms with Crippen LogP contribution in [0.2, 0.25) is 0 Å². The Hall–Kier alpha value is -2.40. The second-order valence-electron chi connectivity index (χ2n) is 7.94. The van der Waals surface area contributed by atoms with Crippen LogP contribution in [0.3, 0.4) is 0 Å². The molecule has 1 saturated heterocycles. The van der Waals surface area contributed by atoms with E-state index in [1.54, 1.807) is 6.20 Å². The van der Waals surface area contributed by atoms with E-state index in [1.807, 2.05) is 12.1 Å². The van der Waals surface area contributed by atoms with Crippen molar-refractivity contribution in [2.75, 3.05) is 31.6 Å². The van der Waals surface area contributed by atoms with Crippen molar-refractivity contribution in [1.29, 1.82) is 0 Å². The van der Waals surface area contributed by atoms with E-state index in [0.717, 1.165) is 38.9 Å². The molecular formula is C23H29N3O2. The van der Waals surface area contributed by atoms with Gasteiger partial charge in [0.15, 0.2) is 0 Å². The lowest BCUT2D eigenvalue weighted by Gasteiger charge is -2.39. The first-order valence-corrected chi connectivity index (χ1v) is 10.4. The van der Waals surface area contributed by atoms with E-state index in [4.69, 9.17) is 4.74 Å². The predicted octanol–water partition coefficient (Wildman–Crippen LogP) is 3.76. The van der Waals surface area contributed by atoms with E-state index < -0.39 is 0 Å². The van der Waals surface area contributed by atoms with E-state index in [9.17, 15) is 4.79 Å². The lowest BCUT2D eigenvalue weighted by atomic mass is 9.81. The van der Waals surface area contributed by atoms with Crippen LogP contribution in [-0.2, 0) is 11.2 Å². The molecule has 0 unspecified atom stereocenters. The Morgan fingerprint density at radius 1 is 1.11 bits per heavy atom. The molecule has 0 aliphatic carbocycles. The van der Waals surface area contributed by atoms with Gasteiger partial charge in [-0.3, -0.25) is 4.79 Å². The first-order valence-electron chi connectivity index (χ1n) is 10.4. The normalized spacial score (nSPS) is 23.1. The third-order valence-electron chi connectivity index (χ3n) is 5.98. The zero-order valence-corrected chi connectivity index (χ0v) is 16.3. The monoisotopic (exact) mass is 379 g/mol. The topological polar surface area (TPSA) is 54.5 Å². The standard InChI is InChI=1S/C23H29N3O2/c27-22-16-19-10-14-26(13-5-8-18-6-2-1-3-7-18)17-20(19)11-15-28-23-21(25-22)9-4-12-24-23/h1-4,6-7,9,12,19-20H,5,8,10-11,13-17H2,(H,25,27)/t19-,20-/m0/s1. The van der Waals surface area contributed by atoms with Crippen LogP contribution in [0.25, 0.3) is 0 Å². The van der Waals surface area contributed by atoms with Crippen molar-refractivity contribution in [3.8, 4) is 5.88 Å². The second-order valence-corrected chi connectivity index (χ2v) is 7.94. The van der Waals surface area contributed by atoms with Crippen molar-refractivity contribution < 1.29 is 9.53 Å². The van der Waals surface area contributed by atoms with E-state index in [1.165, 1.54) is 12.0 Å². The molecule has 2 aliphatic rings. The van der Waals surface area contributed by atoms with Crippen molar-refractivity contribution in [1.82, 2.24) is 9.88 Å². The lowest BCUT2D eigenvalue weighted by Crippen LogP contribution is -2.42.